The lowest BCUT2D eigenvalue weighted by Crippen LogP contribution is -2.08. The Balaban J connectivity index is 3.73. The second-order valence-electron chi connectivity index (χ2n) is 4.73. The SMILES string of the molecule is CC(CCCO)CCCC(CC#N)CC(=O)O. The third-order valence-electron chi connectivity index (χ3n) is 3.01. The zero-order chi connectivity index (χ0) is 13.1. The molecule has 17 heavy (non-hydrogen) atoms. The predicted molar refractivity (Wildman–Crippen MR) is 65.3 cm³/mol. The number of aliphatic carboxylic acids is 1. The van der Waals surface area contributed by atoms with Crippen molar-refractivity contribution < 1.29 is 15.0 Å². The summed E-state index contributed by atoms with van der Waals surface area (Å²) in [6.07, 6.45) is 5.09. The molecule has 0 bridgehead atoms. The monoisotopic (exact) mass is 241 g/mol. The molecule has 0 aliphatic carbocycles. The molecule has 0 heterocycles. The minimum atomic E-state index is -0.821. The largest absolute Gasteiger partial charge is 0.481 e. The van der Waals surface area contributed by atoms with E-state index >= 15 is 0 Å². The van der Waals surface area contributed by atoms with Crippen molar-refractivity contribution in [3.8, 4) is 6.07 Å². The van der Waals surface area contributed by atoms with Gasteiger partial charge in [-0.15, -0.1) is 0 Å². The van der Waals surface area contributed by atoms with Crippen LogP contribution in [-0.2, 0) is 4.79 Å². The van der Waals surface area contributed by atoms with Crippen molar-refractivity contribution in [1.82, 2.24) is 0 Å². The van der Waals surface area contributed by atoms with Crippen LogP contribution < -0.4 is 0 Å². The topological polar surface area (TPSA) is 81.3 Å². The second kappa shape index (κ2) is 10.1. The van der Waals surface area contributed by atoms with E-state index in [0.717, 1.165) is 32.1 Å². The van der Waals surface area contributed by atoms with Gasteiger partial charge < -0.3 is 10.2 Å². The van der Waals surface area contributed by atoms with Crippen molar-refractivity contribution in [3.63, 3.8) is 0 Å². The second-order valence-corrected chi connectivity index (χ2v) is 4.73. The van der Waals surface area contributed by atoms with Crippen LogP contribution >= 0.6 is 0 Å². The molecular weight excluding hydrogens is 218 g/mol. The maximum atomic E-state index is 10.6. The highest BCUT2D eigenvalue weighted by Crippen LogP contribution is 2.20. The van der Waals surface area contributed by atoms with Gasteiger partial charge in [0, 0.05) is 19.4 Å². The number of nitrogens with zero attached hydrogens (tertiary/aromatic N) is 1. The molecule has 0 aliphatic rings. The molecule has 0 rings (SSSR count). The van der Waals surface area contributed by atoms with Gasteiger partial charge in [0.1, 0.15) is 0 Å². The van der Waals surface area contributed by atoms with Gasteiger partial charge in [-0.05, 0) is 31.1 Å². The van der Waals surface area contributed by atoms with Gasteiger partial charge in [-0.25, -0.2) is 0 Å². The molecule has 0 fully saturated rings. The molecule has 4 nitrogen and oxygen atoms in total. The molecule has 0 radical (unpaired) electrons. The van der Waals surface area contributed by atoms with Gasteiger partial charge in [0.2, 0.25) is 0 Å². The van der Waals surface area contributed by atoms with E-state index < -0.39 is 5.97 Å². The van der Waals surface area contributed by atoms with Crippen LogP contribution in [0.15, 0.2) is 0 Å². The van der Waals surface area contributed by atoms with E-state index in [1.807, 2.05) is 6.07 Å². The summed E-state index contributed by atoms with van der Waals surface area (Å²) in [6, 6.07) is 2.05. The zero-order valence-electron chi connectivity index (χ0n) is 10.6. The Hall–Kier alpha value is -1.08. The first kappa shape index (κ1) is 15.9. The molecule has 0 aliphatic heterocycles. The third-order valence-corrected chi connectivity index (χ3v) is 3.01. The number of carboxylic acids is 1. The molecule has 2 unspecified atom stereocenters. The summed E-state index contributed by atoms with van der Waals surface area (Å²) in [5, 5.41) is 26.0. The first-order chi connectivity index (χ1) is 8.10. The quantitative estimate of drug-likeness (QED) is 0.616. The molecule has 2 N–H and O–H groups in total. The number of hydrogen-bond donors (Lipinski definition) is 2. The molecule has 0 spiro atoms. The van der Waals surface area contributed by atoms with Crippen molar-refractivity contribution in [2.45, 2.75) is 51.9 Å². The smallest absolute Gasteiger partial charge is 0.303 e. The number of carboxylic acid groups (broad SMARTS) is 1. The Bertz CT molecular complexity index is 248. The number of hydrogen-bond acceptors (Lipinski definition) is 3. The lowest BCUT2D eigenvalue weighted by atomic mass is 9.92. The summed E-state index contributed by atoms with van der Waals surface area (Å²) in [6.45, 7) is 2.38. The van der Waals surface area contributed by atoms with Crippen LogP contribution in [0, 0.1) is 23.2 Å². The average Bonchev–Trinajstić information content (AvgIpc) is 2.25. The van der Waals surface area contributed by atoms with E-state index in [-0.39, 0.29) is 18.9 Å². The van der Waals surface area contributed by atoms with E-state index in [1.165, 1.54) is 0 Å². The van der Waals surface area contributed by atoms with E-state index in [2.05, 4.69) is 6.92 Å². The van der Waals surface area contributed by atoms with Gasteiger partial charge in [0.15, 0.2) is 0 Å². The lowest BCUT2D eigenvalue weighted by molar-refractivity contribution is -0.138. The van der Waals surface area contributed by atoms with E-state index in [1.54, 1.807) is 0 Å². The predicted octanol–water partition coefficient (Wildman–Crippen LogP) is 2.57. The van der Waals surface area contributed by atoms with Gasteiger partial charge in [-0.3, -0.25) is 4.79 Å². The zero-order valence-corrected chi connectivity index (χ0v) is 10.6. The minimum Gasteiger partial charge on any atom is -0.481 e. The first-order valence-corrected chi connectivity index (χ1v) is 6.29. The molecular formula is C13H23NO3. The van der Waals surface area contributed by atoms with Crippen molar-refractivity contribution in [1.29, 1.82) is 5.26 Å². The highest BCUT2D eigenvalue weighted by atomic mass is 16.4. The van der Waals surface area contributed by atoms with E-state index in [0.29, 0.717) is 12.3 Å². The number of nitriles is 1. The third kappa shape index (κ3) is 9.83. The Labute approximate surface area is 103 Å². The number of aliphatic hydroxyl groups is 1. The molecule has 0 saturated heterocycles. The van der Waals surface area contributed by atoms with Gasteiger partial charge in [-0.1, -0.05) is 19.8 Å². The summed E-state index contributed by atoms with van der Waals surface area (Å²) in [5.41, 5.74) is 0. The Kier molecular flexibility index (Phi) is 9.46. The fourth-order valence-electron chi connectivity index (χ4n) is 1.99. The summed E-state index contributed by atoms with van der Waals surface area (Å²) >= 11 is 0. The van der Waals surface area contributed by atoms with Crippen LogP contribution in [0.25, 0.3) is 0 Å². The van der Waals surface area contributed by atoms with Crippen LogP contribution in [-0.4, -0.2) is 22.8 Å². The normalized spacial score (nSPS) is 13.9. The first-order valence-electron chi connectivity index (χ1n) is 6.29. The van der Waals surface area contributed by atoms with Crippen LogP contribution in [0.4, 0.5) is 0 Å². The molecule has 0 saturated carbocycles. The highest BCUT2D eigenvalue weighted by molar-refractivity contribution is 5.67. The van der Waals surface area contributed by atoms with Gasteiger partial charge in [0.05, 0.1) is 6.07 Å². The van der Waals surface area contributed by atoms with E-state index in [4.69, 9.17) is 15.5 Å². The highest BCUT2D eigenvalue weighted by Gasteiger charge is 2.13. The molecule has 0 aromatic rings. The summed E-state index contributed by atoms with van der Waals surface area (Å²) in [7, 11) is 0. The summed E-state index contributed by atoms with van der Waals surface area (Å²) in [5.74, 6) is -0.268. The molecule has 98 valence electrons. The van der Waals surface area contributed by atoms with Gasteiger partial charge >= 0.3 is 5.97 Å². The Morgan fingerprint density at radius 1 is 1.29 bits per heavy atom. The number of carbonyl (C=O) groups is 1. The van der Waals surface area contributed by atoms with Crippen LogP contribution in [0.3, 0.4) is 0 Å². The van der Waals surface area contributed by atoms with Gasteiger partial charge in [0.25, 0.3) is 0 Å². The van der Waals surface area contributed by atoms with Crippen molar-refractivity contribution in [2.24, 2.45) is 11.8 Å². The molecule has 0 aromatic heterocycles. The van der Waals surface area contributed by atoms with E-state index in [9.17, 15) is 4.79 Å². The summed E-state index contributed by atoms with van der Waals surface area (Å²) in [4.78, 5) is 10.6. The molecule has 0 amide bonds. The Morgan fingerprint density at radius 2 is 1.94 bits per heavy atom. The van der Waals surface area contributed by atoms with Crippen molar-refractivity contribution >= 4 is 5.97 Å². The summed E-state index contributed by atoms with van der Waals surface area (Å²) < 4.78 is 0. The minimum absolute atomic E-state index is 0.0115. The maximum Gasteiger partial charge on any atom is 0.303 e. The van der Waals surface area contributed by atoms with Crippen molar-refractivity contribution in [3.05, 3.63) is 0 Å². The van der Waals surface area contributed by atoms with Crippen LogP contribution in [0.1, 0.15) is 51.9 Å². The van der Waals surface area contributed by atoms with Crippen LogP contribution in [0.5, 0.6) is 0 Å². The molecule has 4 heteroatoms. The number of aliphatic hydroxyl groups excluding tert-OH is 1. The standard InChI is InChI=1S/C13H23NO3/c1-11(5-3-9-15)4-2-6-12(7-8-14)10-13(16)17/h11-12,15H,2-7,9-10H2,1H3,(H,16,17). The van der Waals surface area contributed by atoms with Crippen molar-refractivity contribution in [2.75, 3.05) is 6.61 Å². The fourth-order valence-corrected chi connectivity index (χ4v) is 1.99. The lowest BCUT2D eigenvalue weighted by Gasteiger charge is -2.13. The maximum absolute atomic E-state index is 10.6. The number of rotatable bonds is 10. The van der Waals surface area contributed by atoms with Gasteiger partial charge in [-0.2, -0.15) is 5.26 Å². The van der Waals surface area contributed by atoms with Crippen LogP contribution in [0.2, 0.25) is 0 Å². The fraction of sp³-hybridized carbons (Fsp3) is 0.846. The molecule has 2 atom stereocenters. The molecule has 0 aromatic carbocycles. The Morgan fingerprint density at radius 3 is 2.47 bits per heavy atom. The average molecular weight is 241 g/mol.